The molecule has 0 fully saturated rings. The van der Waals surface area contributed by atoms with Gasteiger partial charge in [0.15, 0.2) is 0 Å². The van der Waals surface area contributed by atoms with E-state index in [-0.39, 0.29) is 0 Å². The second kappa shape index (κ2) is 6.92. The summed E-state index contributed by atoms with van der Waals surface area (Å²) in [5.41, 5.74) is 5.20. The fraction of sp³-hybridized carbons (Fsp3) is 0.833. The lowest BCUT2D eigenvalue weighted by atomic mass is 10.3. The molecule has 0 spiro atoms. The average molecular weight is 116 g/mol. The number of hydrogen-bond acceptors (Lipinski definition) is 2. The second-order valence-electron chi connectivity index (χ2n) is 1.51. The van der Waals surface area contributed by atoms with E-state index in [9.17, 15) is 0 Å². The predicted octanol–water partition coefficient (Wildman–Crippen LogP) is 0.576. The molecule has 0 aromatic carbocycles. The van der Waals surface area contributed by atoms with Gasteiger partial charge in [-0.1, -0.05) is 0 Å². The van der Waals surface area contributed by atoms with E-state index in [1.54, 1.807) is 0 Å². The van der Waals surface area contributed by atoms with E-state index in [1.807, 2.05) is 13.3 Å². The van der Waals surface area contributed by atoms with Crippen LogP contribution in [0.1, 0.15) is 13.3 Å². The van der Waals surface area contributed by atoms with Crippen LogP contribution in [0.25, 0.3) is 0 Å². The first-order valence-corrected chi connectivity index (χ1v) is 3.01. The topological polar surface area (TPSA) is 35.2 Å². The molecule has 0 saturated carbocycles. The maximum absolute atomic E-state index is 5.20. The number of rotatable bonds is 5. The van der Waals surface area contributed by atoms with Crippen molar-refractivity contribution in [3.63, 3.8) is 0 Å². The van der Waals surface area contributed by atoms with Crippen LogP contribution in [0.3, 0.4) is 0 Å². The van der Waals surface area contributed by atoms with Crippen molar-refractivity contribution in [3.8, 4) is 0 Å². The highest BCUT2D eigenvalue weighted by atomic mass is 16.5. The van der Waals surface area contributed by atoms with Crippen molar-refractivity contribution in [1.82, 2.24) is 0 Å². The molecule has 49 valence electrons. The molecule has 1 radical (unpaired) electrons. The maximum Gasteiger partial charge on any atom is 0.0469 e. The SMILES string of the molecule is CCOCC[CH]CN. The van der Waals surface area contributed by atoms with Crippen LogP contribution in [0.15, 0.2) is 0 Å². The molecule has 0 saturated heterocycles. The lowest BCUT2D eigenvalue weighted by molar-refractivity contribution is 0.150. The third-order valence-electron chi connectivity index (χ3n) is 0.837. The Morgan fingerprint density at radius 1 is 1.62 bits per heavy atom. The maximum atomic E-state index is 5.20. The zero-order chi connectivity index (χ0) is 6.24. The zero-order valence-corrected chi connectivity index (χ0v) is 5.39. The van der Waals surface area contributed by atoms with Gasteiger partial charge >= 0.3 is 0 Å². The molecule has 0 aliphatic rings. The van der Waals surface area contributed by atoms with Crippen molar-refractivity contribution in [1.29, 1.82) is 0 Å². The highest BCUT2D eigenvalue weighted by Crippen LogP contribution is 1.84. The van der Waals surface area contributed by atoms with Crippen molar-refractivity contribution >= 4 is 0 Å². The lowest BCUT2D eigenvalue weighted by Crippen LogP contribution is -2.02. The standard InChI is InChI=1S/C6H14NO/c1-2-8-6-4-3-5-7/h3H,2,4-7H2,1H3. The van der Waals surface area contributed by atoms with Crippen LogP contribution >= 0.6 is 0 Å². The minimum atomic E-state index is 0.660. The normalized spacial score (nSPS) is 9.75. The van der Waals surface area contributed by atoms with Crippen molar-refractivity contribution < 1.29 is 4.74 Å². The van der Waals surface area contributed by atoms with E-state index in [0.29, 0.717) is 6.54 Å². The molecule has 2 N–H and O–H groups in total. The summed E-state index contributed by atoms with van der Waals surface area (Å²) >= 11 is 0. The van der Waals surface area contributed by atoms with Gasteiger partial charge in [-0.25, -0.2) is 0 Å². The van der Waals surface area contributed by atoms with E-state index in [4.69, 9.17) is 10.5 Å². The predicted molar refractivity (Wildman–Crippen MR) is 34.5 cm³/mol. The van der Waals surface area contributed by atoms with Gasteiger partial charge in [0.2, 0.25) is 0 Å². The Morgan fingerprint density at radius 2 is 2.38 bits per heavy atom. The van der Waals surface area contributed by atoms with Gasteiger partial charge in [-0.2, -0.15) is 0 Å². The molecule has 0 aliphatic carbocycles. The largest absolute Gasteiger partial charge is 0.382 e. The van der Waals surface area contributed by atoms with Gasteiger partial charge in [-0.15, -0.1) is 0 Å². The van der Waals surface area contributed by atoms with E-state index >= 15 is 0 Å². The quantitative estimate of drug-likeness (QED) is 0.533. The van der Waals surface area contributed by atoms with Crippen molar-refractivity contribution in [2.75, 3.05) is 19.8 Å². The molecule has 0 aliphatic heterocycles. The molecule has 2 heteroatoms. The molecule has 2 nitrogen and oxygen atoms in total. The Kier molecular flexibility index (Phi) is 6.85. The van der Waals surface area contributed by atoms with Gasteiger partial charge in [0.05, 0.1) is 0 Å². The van der Waals surface area contributed by atoms with Crippen LogP contribution in [0.4, 0.5) is 0 Å². The fourth-order valence-electron chi connectivity index (χ4n) is 0.429. The number of hydrogen-bond donors (Lipinski definition) is 1. The first-order chi connectivity index (χ1) is 3.91. The first-order valence-electron chi connectivity index (χ1n) is 3.01. The van der Waals surface area contributed by atoms with Gasteiger partial charge in [-0.05, 0) is 26.3 Å². The molecule has 0 amide bonds. The van der Waals surface area contributed by atoms with E-state index in [1.165, 1.54) is 0 Å². The van der Waals surface area contributed by atoms with Crippen LogP contribution in [0.2, 0.25) is 0 Å². The van der Waals surface area contributed by atoms with Crippen molar-refractivity contribution in [2.24, 2.45) is 5.73 Å². The Hall–Kier alpha value is -0.0800. The number of unbranched alkanes of at least 4 members (excludes halogenated alkanes) is 1. The summed E-state index contributed by atoms with van der Waals surface area (Å²) in [6, 6.07) is 0. The van der Waals surface area contributed by atoms with Gasteiger partial charge in [-0.3, -0.25) is 0 Å². The fourth-order valence-corrected chi connectivity index (χ4v) is 0.429. The lowest BCUT2D eigenvalue weighted by Gasteiger charge is -1.96. The molecule has 0 atom stereocenters. The van der Waals surface area contributed by atoms with Crippen LogP contribution in [-0.4, -0.2) is 19.8 Å². The summed E-state index contributed by atoms with van der Waals surface area (Å²) < 4.78 is 5.05. The summed E-state index contributed by atoms with van der Waals surface area (Å²) in [4.78, 5) is 0. The molecule has 0 unspecified atom stereocenters. The van der Waals surface area contributed by atoms with Crippen LogP contribution < -0.4 is 5.73 Å². The summed E-state index contributed by atoms with van der Waals surface area (Å²) in [5.74, 6) is 0. The van der Waals surface area contributed by atoms with Crippen molar-refractivity contribution in [3.05, 3.63) is 6.42 Å². The monoisotopic (exact) mass is 116 g/mol. The summed E-state index contributed by atoms with van der Waals surface area (Å²) in [5, 5.41) is 0. The Labute approximate surface area is 51.0 Å². The number of ether oxygens (including phenoxy) is 1. The molecule has 0 rings (SSSR count). The Balaban J connectivity index is 2.53. The van der Waals surface area contributed by atoms with Gasteiger partial charge < -0.3 is 10.5 Å². The Morgan fingerprint density at radius 3 is 2.88 bits per heavy atom. The van der Waals surface area contributed by atoms with Gasteiger partial charge in [0.25, 0.3) is 0 Å². The van der Waals surface area contributed by atoms with Crippen LogP contribution in [-0.2, 0) is 4.74 Å². The van der Waals surface area contributed by atoms with E-state index in [0.717, 1.165) is 19.6 Å². The zero-order valence-electron chi connectivity index (χ0n) is 5.39. The molecule has 8 heavy (non-hydrogen) atoms. The average Bonchev–Trinajstić information content (AvgIpc) is 1.81. The van der Waals surface area contributed by atoms with E-state index < -0.39 is 0 Å². The minimum Gasteiger partial charge on any atom is -0.382 e. The van der Waals surface area contributed by atoms with Crippen LogP contribution in [0.5, 0.6) is 0 Å². The van der Waals surface area contributed by atoms with Gasteiger partial charge in [0.1, 0.15) is 0 Å². The summed E-state index contributed by atoms with van der Waals surface area (Å²) in [6.45, 7) is 4.27. The minimum absolute atomic E-state index is 0.660. The molecule has 0 aromatic rings. The smallest absolute Gasteiger partial charge is 0.0469 e. The van der Waals surface area contributed by atoms with Gasteiger partial charge in [0, 0.05) is 13.2 Å². The van der Waals surface area contributed by atoms with Crippen molar-refractivity contribution in [2.45, 2.75) is 13.3 Å². The second-order valence-corrected chi connectivity index (χ2v) is 1.51. The first kappa shape index (κ1) is 7.92. The molecule has 0 bridgehead atoms. The molecular weight excluding hydrogens is 102 g/mol. The third kappa shape index (κ3) is 5.92. The molecule has 0 aromatic heterocycles. The third-order valence-corrected chi connectivity index (χ3v) is 0.837. The molecule has 0 heterocycles. The van der Waals surface area contributed by atoms with E-state index in [2.05, 4.69) is 0 Å². The Bertz CT molecular complexity index is 33.5. The number of nitrogens with two attached hydrogens (primary N) is 1. The molecular formula is C6H14NO. The van der Waals surface area contributed by atoms with Crippen LogP contribution in [0, 0.1) is 6.42 Å². The highest BCUT2D eigenvalue weighted by Gasteiger charge is 1.83. The highest BCUT2D eigenvalue weighted by molar-refractivity contribution is 4.62. The summed E-state index contributed by atoms with van der Waals surface area (Å²) in [7, 11) is 0. The summed E-state index contributed by atoms with van der Waals surface area (Å²) in [6.07, 6.45) is 2.99.